The highest BCUT2D eigenvalue weighted by atomic mass is 19.1. The van der Waals surface area contributed by atoms with E-state index in [0.717, 1.165) is 42.3 Å². The van der Waals surface area contributed by atoms with Crippen LogP contribution in [0.4, 0.5) is 10.1 Å². The molecule has 0 aliphatic carbocycles. The summed E-state index contributed by atoms with van der Waals surface area (Å²) in [4.78, 5) is 7.77. The van der Waals surface area contributed by atoms with E-state index in [1.807, 2.05) is 36.7 Å². The molecule has 0 aliphatic rings. The smallest absolute Gasteiger partial charge is 0.123 e. The fourth-order valence-corrected chi connectivity index (χ4v) is 2.54. The quantitative estimate of drug-likeness (QED) is 0.464. The van der Waals surface area contributed by atoms with E-state index in [1.54, 1.807) is 0 Å². The lowest BCUT2D eigenvalue weighted by Crippen LogP contribution is -1.86. The van der Waals surface area contributed by atoms with Crippen LogP contribution in [-0.4, -0.2) is 11.2 Å². The maximum absolute atomic E-state index is 12.8. The largest absolute Gasteiger partial charge is 0.359 e. The van der Waals surface area contributed by atoms with Gasteiger partial charge in [-0.25, -0.2) is 4.39 Å². The minimum atomic E-state index is -0.172. The van der Waals surface area contributed by atoms with Crippen molar-refractivity contribution < 1.29 is 4.39 Å². The van der Waals surface area contributed by atoms with E-state index in [0.29, 0.717) is 0 Å². The number of benzene rings is 2. The van der Waals surface area contributed by atoms with Gasteiger partial charge in [-0.15, -0.1) is 0 Å². The predicted octanol–water partition coefficient (Wildman–Crippen LogP) is 5.42. The normalized spacial score (nSPS) is 11.5. The molecule has 0 saturated heterocycles. The highest BCUT2D eigenvalue weighted by molar-refractivity contribution is 5.92. The maximum atomic E-state index is 12.8. The number of aromatic nitrogens is 1. The van der Waals surface area contributed by atoms with Crippen LogP contribution in [0.3, 0.4) is 0 Å². The summed E-state index contributed by atoms with van der Waals surface area (Å²) in [5, 5.41) is 1.16. The number of rotatable bonds is 6. The third-order valence-electron chi connectivity index (χ3n) is 3.76. The summed E-state index contributed by atoms with van der Waals surface area (Å²) in [6, 6.07) is 14.9. The number of nitrogens with zero attached hydrogens (tertiary/aromatic N) is 1. The summed E-state index contributed by atoms with van der Waals surface area (Å²) >= 11 is 0. The lowest BCUT2D eigenvalue weighted by atomic mass is 10.1. The minimum Gasteiger partial charge on any atom is -0.359 e. The molecule has 0 amide bonds. The zero-order chi connectivity index (χ0) is 15.2. The molecule has 2 aromatic carbocycles. The summed E-state index contributed by atoms with van der Waals surface area (Å²) in [7, 11) is 0. The van der Waals surface area contributed by atoms with Gasteiger partial charge >= 0.3 is 0 Å². The Bertz CT molecular complexity index is 756. The van der Waals surface area contributed by atoms with Crippen molar-refractivity contribution in [1.82, 2.24) is 4.98 Å². The molecule has 3 heteroatoms. The summed E-state index contributed by atoms with van der Waals surface area (Å²) in [6.07, 6.45) is 8.05. The average Bonchev–Trinajstić information content (AvgIpc) is 2.96. The number of aryl methyl sites for hydroxylation is 1. The number of fused-ring (bicyclic) bond motifs is 1. The molecule has 0 spiro atoms. The Morgan fingerprint density at radius 1 is 1.00 bits per heavy atom. The second-order valence-electron chi connectivity index (χ2n) is 5.40. The van der Waals surface area contributed by atoms with Crippen molar-refractivity contribution in [3.05, 3.63) is 66.1 Å². The molecule has 2 nitrogen and oxygen atoms in total. The molecule has 3 rings (SSSR count). The highest BCUT2D eigenvalue weighted by Crippen LogP contribution is 2.24. The van der Waals surface area contributed by atoms with Crippen molar-refractivity contribution in [2.24, 2.45) is 4.99 Å². The number of para-hydroxylation sites is 1. The molecule has 22 heavy (non-hydrogen) atoms. The van der Waals surface area contributed by atoms with E-state index >= 15 is 0 Å². The molecule has 0 unspecified atom stereocenters. The molecule has 0 bridgehead atoms. The first-order valence-electron chi connectivity index (χ1n) is 7.66. The number of nitrogens with one attached hydrogen (secondary N) is 1. The van der Waals surface area contributed by atoms with Crippen LogP contribution < -0.4 is 0 Å². The number of aliphatic imine (C=N–C) groups is 1. The molecule has 1 aromatic heterocycles. The van der Waals surface area contributed by atoms with Crippen LogP contribution in [-0.2, 0) is 6.42 Å². The van der Waals surface area contributed by atoms with Gasteiger partial charge in [-0.3, -0.25) is 4.99 Å². The van der Waals surface area contributed by atoms with Crippen molar-refractivity contribution >= 4 is 22.8 Å². The molecule has 0 atom stereocenters. The van der Waals surface area contributed by atoms with Gasteiger partial charge in [0.1, 0.15) is 5.82 Å². The van der Waals surface area contributed by atoms with Gasteiger partial charge in [0, 0.05) is 23.3 Å². The fraction of sp³-hybridized carbons (Fsp3) is 0.211. The van der Waals surface area contributed by atoms with E-state index < -0.39 is 0 Å². The molecule has 1 heterocycles. The summed E-state index contributed by atoms with van der Waals surface area (Å²) in [5.74, 6) is -0.172. The molecule has 0 fully saturated rings. The average molecular weight is 294 g/mol. The van der Waals surface area contributed by atoms with Crippen LogP contribution in [0, 0.1) is 5.82 Å². The van der Waals surface area contributed by atoms with Crippen LogP contribution in [0.2, 0.25) is 0 Å². The maximum Gasteiger partial charge on any atom is 0.123 e. The topological polar surface area (TPSA) is 28.1 Å². The molecule has 1 N–H and O–H groups in total. The van der Waals surface area contributed by atoms with Crippen LogP contribution in [0.5, 0.6) is 0 Å². The van der Waals surface area contributed by atoms with E-state index in [1.165, 1.54) is 17.7 Å². The van der Waals surface area contributed by atoms with Gasteiger partial charge in [0.2, 0.25) is 0 Å². The molecule has 112 valence electrons. The first-order valence-corrected chi connectivity index (χ1v) is 7.66. The monoisotopic (exact) mass is 294 g/mol. The van der Waals surface area contributed by atoms with Crippen molar-refractivity contribution in [1.29, 1.82) is 0 Å². The summed E-state index contributed by atoms with van der Waals surface area (Å²) in [6.45, 7) is 0. The second kappa shape index (κ2) is 7.03. The second-order valence-corrected chi connectivity index (χ2v) is 5.40. The molecule has 0 saturated carbocycles. The van der Waals surface area contributed by atoms with Gasteiger partial charge in [0.25, 0.3) is 0 Å². The van der Waals surface area contributed by atoms with Gasteiger partial charge in [-0.05, 0) is 49.4 Å². The molecular weight excluding hydrogens is 275 g/mol. The Balaban J connectivity index is 1.46. The third-order valence-corrected chi connectivity index (χ3v) is 3.76. The van der Waals surface area contributed by atoms with Gasteiger partial charge in [0.05, 0.1) is 5.69 Å². The fourth-order valence-electron chi connectivity index (χ4n) is 2.54. The number of aromatic amines is 1. The molecule has 3 aromatic rings. The third kappa shape index (κ3) is 3.61. The van der Waals surface area contributed by atoms with Gasteiger partial charge in [0.15, 0.2) is 0 Å². The van der Waals surface area contributed by atoms with Gasteiger partial charge < -0.3 is 4.98 Å². The Hall–Kier alpha value is -2.42. The SMILES string of the molecule is Fc1ccc(CCCC/C=N\c2c[nH]c3ccccc23)cc1. The zero-order valence-corrected chi connectivity index (χ0v) is 12.4. The van der Waals surface area contributed by atoms with E-state index in [2.05, 4.69) is 22.1 Å². The van der Waals surface area contributed by atoms with Gasteiger partial charge in [-0.2, -0.15) is 0 Å². The van der Waals surface area contributed by atoms with Crippen LogP contribution in [0.1, 0.15) is 24.8 Å². The molecule has 0 aliphatic heterocycles. The van der Waals surface area contributed by atoms with E-state index in [-0.39, 0.29) is 5.82 Å². The minimum absolute atomic E-state index is 0.172. The number of H-pyrrole nitrogens is 1. The Kier molecular flexibility index (Phi) is 4.64. The number of halogens is 1. The van der Waals surface area contributed by atoms with Gasteiger partial charge in [-0.1, -0.05) is 30.3 Å². The lowest BCUT2D eigenvalue weighted by molar-refractivity contribution is 0.626. The first kappa shape index (κ1) is 14.5. The Morgan fingerprint density at radius 3 is 2.68 bits per heavy atom. The number of hydrogen-bond donors (Lipinski definition) is 1. The van der Waals surface area contributed by atoms with Crippen molar-refractivity contribution in [3.8, 4) is 0 Å². The van der Waals surface area contributed by atoms with Crippen molar-refractivity contribution in [2.75, 3.05) is 0 Å². The van der Waals surface area contributed by atoms with Crippen LogP contribution in [0.25, 0.3) is 10.9 Å². The Labute approximate surface area is 129 Å². The predicted molar refractivity (Wildman–Crippen MR) is 90.4 cm³/mol. The Morgan fingerprint density at radius 2 is 1.82 bits per heavy atom. The van der Waals surface area contributed by atoms with Crippen LogP contribution >= 0.6 is 0 Å². The summed E-state index contributed by atoms with van der Waals surface area (Å²) < 4.78 is 12.8. The van der Waals surface area contributed by atoms with E-state index in [4.69, 9.17) is 0 Å². The number of hydrogen-bond acceptors (Lipinski definition) is 1. The molecular formula is C19H19FN2. The number of unbranched alkanes of at least 4 members (excludes halogenated alkanes) is 2. The van der Waals surface area contributed by atoms with Crippen molar-refractivity contribution in [3.63, 3.8) is 0 Å². The lowest BCUT2D eigenvalue weighted by Gasteiger charge is -1.99. The first-order chi connectivity index (χ1) is 10.8. The van der Waals surface area contributed by atoms with Crippen molar-refractivity contribution in [2.45, 2.75) is 25.7 Å². The van der Waals surface area contributed by atoms with E-state index in [9.17, 15) is 4.39 Å². The standard InChI is InChI=1S/C19H19FN2/c20-16-11-9-15(10-12-16)6-2-1-5-13-21-19-14-22-18-8-4-3-7-17(18)19/h3-4,7-14,22H,1-2,5-6H2/b21-13-. The molecule has 0 radical (unpaired) electrons. The zero-order valence-electron chi connectivity index (χ0n) is 12.4. The van der Waals surface area contributed by atoms with Crippen LogP contribution in [0.15, 0.2) is 59.7 Å². The highest BCUT2D eigenvalue weighted by Gasteiger charge is 1.99. The summed E-state index contributed by atoms with van der Waals surface area (Å²) in [5.41, 5.74) is 3.30.